The van der Waals surface area contributed by atoms with Gasteiger partial charge in [0.2, 0.25) is 0 Å². The molecule has 4 N–H and O–H groups in total. The zero-order valence-corrected chi connectivity index (χ0v) is 17.4. The maximum absolute atomic E-state index is 12.6. The SMILES string of the molecule is C[C@@H]1Cc2ccc(C(N)=O)c(O)c2[C@@]2(CCN(C)CC3CC3)CC(=O)CC[C@@]12O. The van der Waals surface area contributed by atoms with Crippen molar-refractivity contribution in [2.75, 3.05) is 20.1 Å². The minimum Gasteiger partial charge on any atom is -0.507 e. The van der Waals surface area contributed by atoms with E-state index in [1.165, 1.54) is 12.8 Å². The molecule has 0 spiro atoms. The summed E-state index contributed by atoms with van der Waals surface area (Å²) in [5.74, 6) is -0.0496. The van der Waals surface area contributed by atoms with E-state index in [9.17, 15) is 19.8 Å². The van der Waals surface area contributed by atoms with Crippen molar-refractivity contribution in [3.05, 3.63) is 28.8 Å². The fourth-order valence-electron chi connectivity index (χ4n) is 5.85. The summed E-state index contributed by atoms with van der Waals surface area (Å²) >= 11 is 0. The van der Waals surface area contributed by atoms with E-state index in [1.54, 1.807) is 6.07 Å². The molecule has 29 heavy (non-hydrogen) atoms. The second kappa shape index (κ2) is 7.10. The summed E-state index contributed by atoms with van der Waals surface area (Å²) in [6.07, 6.45) is 4.62. The van der Waals surface area contributed by atoms with Gasteiger partial charge >= 0.3 is 0 Å². The van der Waals surface area contributed by atoms with Gasteiger partial charge in [-0.3, -0.25) is 9.59 Å². The summed E-state index contributed by atoms with van der Waals surface area (Å²) in [7, 11) is 2.07. The molecule has 1 amide bonds. The lowest BCUT2D eigenvalue weighted by Crippen LogP contribution is -2.63. The predicted octanol–water partition coefficient (Wildman–Crippen LogP) is 2.14. The van der Waals surface area contributed by atoms with Crippen molar-refractivity contribution in [3.8, 4) is 5.75 Å². The number of nitrogens with zero attached hydrogens (tertiary/aromatic N) is 1. The lowest BCUT2D eigenvalue weighted by Gasteiger charge is -2.57. The number of phenols is 1. The summed E-state index contributed by atoms with van der Waals surface area (Å²) in [6, 6.07) is 3.39. The van der Waals surface area contributed by atoms with Crippen LogP contribution in [0.2, 0.25) is 0 Å². The lowest BCUT2D eigenvalue weighted by atomic mass is 9.49. The number of Topliss-reactive ketones (excluding diaryl/α,β-unsaturated/α-hetero) is 1. The normalized spacial score (nSPS) is 31.4. The van der Waals surface area contributed by atoms with Crippen LogP contribution in [-0.2, 0) is 16.6 Å². The van der Waals surface area contributed by atoms with Gasteiger partial charge in [0.05, 0.1) is 11.2 Å². The average molecular weight is 401 g/mol. The largest absolute Gasteiger partial charge is 0.507 e. The zero-order valence-electron chi connectivity index (χ0n) is 17.4. The van der Waals surface area contributed by atoms with Crippen LogP contribution in [0.15, 0.2) is 12.1 Å². The maximum atomic E-state index is 12.6. The number of hydrogen-bond acceptors (Lipinski definition) is 5. The Balaban J connectivity index is 1.82. The summed E-state index contributed by atoms with van der Waals surface area (Å²) in [5, 5.41) is 23.0. The third-order valence-corrected chi connectivity index (χ3v) is 7.65. The van der Waals surface area contributed by atoms with Gasteiger partial charge in [0, 0.05) is 30.4 Å². The first kappa shape index (κ1) is 20.4. The molecule has 4 rings (SSSR count). The Morgan fingerprint density at radius 2 is 2.07 bits per heavy atom. The maximum Gasteiger partial charge on any atom is 0.252 e. The Morgan fingerprint density at radius 1 is 1.34 bits per heavy atom. The first-order valence-corrected chi connectivity index (χ1v) is 10.8. The van der Waals surface area contributed by atoms with Gasteiger partial charge < -0.3 is 20.8 Å². The first-order valence-electron chi connectivity index (χ1n) is 10.8. The second-order valence-electron chi connectivity index (χ2n) is 9.64. The monoisotopic (exact) mass is 400 g/mol. The summed E-state index contributed by atoms with van der Waals surface area (Å²) in [5.41, 5.74) is 5.04. The lowest BCUT2D eigenvalue weighted by molar-refractivity contribution is -0.148. The minimum absolute atomic E-state index is 0.0457. The molecule has 3 aliphatic rings. The number of aromatic hydroxyl groups is 1. The highest BCUT2D eigenvalue weighted by atomic mass is 16.3. The minimum atomic E-state index is -1.10. The van der Waals surface area contributed by atoms with E-state index < -0.39 is 16.9 Å². The molecule has 0 aromatic heterocycles. The molecule has 0 saturated heterocycles. The van der Waals surface area contributed by atoms with Gasteiger partial charge in [-0.2, -0.15) is 0 Å². The molecule has 3 aliphatic carbocycles. The van der Waals surface area contributed by atoms with Crippen molar-refractivity contribution in [1.82, 2.24) is 4.90 Å². The van der Waals surface area contributed by atoms with Crippen molar-refractivity contribution in [2.24, 2.45) is 17.6 Å². The number of primary amides is 1. The number of rotatable bonds is 6. The van der Waals surface area contributed by atoms with Gasteiger partial charge in [0.25, 0.3) is 5.91 Å². The molecule has 6 nitrogen and oxygen atoms in total. The number of carbonyl (C=O) groups excluding carboxylic acids is 2. The number of carbonyl (C=O) groups is 2. The highest BCUT2D eigenvalue weighted by molar-refractivity contribution is 5.96. The van der Waals surface area contributed by atoms with Crippen LogP contribution in [0.3, 0.4) is 0 Å². The van der Waals surface area contributed by atoms with E-state index in [2.05, 4.69) is 11.9 Å². The zero-order chi connectivity index (χ0) is 21.0. The Bertz CT molecular complexity index is 850. The number of fused-ring (bicyclic) bond motifs is 3. The van der Waals surface area contributed by atoms with E-state index in [0.717, 1.165) is 24.6 Å². The van der Waals surface area contributed by atoms with Crippen LogP contribution in [0.4, 0.5) is 0 Å². The van der Waals surface area contributed by atoms with Gasteiger partial charge in [0.1, 0.15) is 11.5 Å². The number of benzene rings is 1. The van der Waals surface area contributed by atoms with Crippen molar-refractivity contribution in [1.29, 1.82) is 0 Å². The van der Waals surface area contributed by atoms with E-state index in [4.69, 9.17) is 5.73 Å². The summed E-state index contributed by atoms with van der Waals surface area (Å²) in [4.78, 5) is 26.8. The molecule has 6 heteroatoms. The fraction of sp³-hybridized carbons (Fsp3) is 0.652. The summed E-state index contributed by atoms with van der Waals surface area (Å²) in [6.45, 7) is 3.76. The van der Waals surface area contributed by atoms with Crippen LogP contribution < -0.4 is 5.73 Å². The number of nitrogens with two attached hydrogens (primary N) is 1. The van der Waals surface area contributed by atoms with Crippen LogP contribution >= 0.6 is 0 Å². The Morgan fingerprint density at radius 3 is 2.72 bits per heavy atom. The van der Waals surface area contributed by atoms with Crippen LogP contribution in [-0.4, -0.2) is 52.5 Å². The van der Waals surface area contributed by atoms with Crippen LogP contribution in [0.1, 0.15) is 66.9 Å². The summed E-state index contributed by atoms with van der Waals surface area (Å²) < 4.78 is 0. The Kier molecular flexibility index (Phi) is 4.98. The third kappa shape index (κ3) is 3.26. The molecule has 158 valence electrons. The Hall–Kier alpha value is -1.92. The molecule has 0 heterocycles. The molecule has 0 bridgehead atoms. The van der Waals surface area contributed by atoms with Gasteiger partial charge in [-0.05, 0) is 69.2 Å². The molecule has 0 aliphatic heterocycles. The number of hydrogen-bond donors (Lipinski definition) is 3. The molecule has 2 saturated carbocycles. The third-order valence-electron chi connectivity index (χ3n) is 7.65. The van der Waals surface area contributed by atoms with Crippen molar-refractivity contribution >= 4 is 11.7 Å². The Labute approximate surface area is 172 Å². The molecule has 0 radical (unpaired) electrons. The molecule has 1 aromatic rings. The van der Waals surface area contributed by atoms with Crippen molar-refractivity contribution in [2.45, 2.75) is 62.9 Å². The highest BCUT2D eigenvalue weighted by Gasteiger charge is 2.61. The smallest absolute Gasteiger partial charge is 0.252 e. The van der Waals surface area contributed by atoms with E-state index in [1.807, 2.05) is 13.0 Å². The standard InChI is InChI=1S/C23H32N2O4/c1-14-11-16-5-6-18(21(24)28)20(27)19(16)22(9-10-25(2)13-15-3-4-15)12-17(26)7-8-23(14,22)29/h5-6,14-15,27,29H,3-4,7-13H2,1-2H3,(H2,24,28)/t14-,22-,23-/m1/s1. The van der Waals surface area contributed by atoms with E-state index in [-0.39, 0.29) is 29.4 Å². The van der Waals surface area contributed by atoms with Gasteiger partial charge in [-0.15, -0.1) is 0 Å². The fourth-order valence-corrected chi connectivity index (χ4v) is 5.85. The van der Waals surface area contributed by atoms with Crippen LogP contribution in [0, 0.1) is 11.8 Å². The molecule has 1 aromatic carbocycles. The molecule has 3 atom stereocenters. The first-order chi connectivity index (χ1) is 13.7. The number of amides is 1. The van der Waals surface area contributed by atoms with E-state index >= 15 is 0 Å². The quantitative estimate of drug-likeness (QED) is 0.679. The van der Waals surface area contributed by atoms with E-state index in [0.29, 0.717) is 31.2 Å². The van der Waals surface area contributed by atoms with Crippen LogP contribution in [0.25, 0.3) is 0 Å². The van der Waals surface area contributed by atoms with Crippen molar-refractivity contribution in [3.63, 3.8) is 0 Å². The van der Waals surface area contributed by atoms with Crippen molar-refractivity contribution < 1.29 is 19.8 Å². The average Bonchev–Trinajstić information content (AvgIpc) is 3.46. The molecule has 2 fully saturated rings. The van der Waals surface area contributed by atoms with Gasteiger partial charge in [0.15, 0.2) is 0 Å². The molecule has 0 unspecified atom stereocenters. The highest BCUT2D eigenvalue weighted by Crippen LogP contribution is 2.58. The topological polar surface area (TPSA) is 104 Å². The number of ketones is 1. The second-order valence-corrected chi connectivity index (χ2v) is 9.64. The molecular weight excluding hydrogens is 368 g/mol. The van der Waals surface area contributed by atoms with Gasteiger partial charge in [-0.25, -0.2) is 0 Å². The predicted molar refractivity (Wildman–Crippen MR) is 110 cm³/mol. The van der Waals surface area contributed by atoms with Gasteiger partial charge in [-0.1, -0.05) is 13.0 Å². The molecular formula is C23H32N2O4. The van der Waals surface area contributed by atoms with Crippen LogP contribution in [0.5, 0.6) is 5.75 Å². The number of aliphatic hydroxyl groups is 1.